The maximum atomic E-state index is 3.74. The van der Waals surface area contributed by atoms with Crippen LogP contribution in [0.5, 0.6) is 0 Å². The predicted molar refractivity (Wildman–Crippen MR) is 89.4 cm³/mol. The molecule has 0 radical (unpaired) electrons. The van der Waals surface area contributed by atoms with Gasteiger partial charge in [-0.1, -0.05) is 50.1 Å². The molecule has 2 aliphatic rings. The van der Waals surface area contributed by atoms with Crippen LogP contribution in [0.25, 0.3) is 0 Å². The van der Waals surface area contributed by atoms with Gasteiger partial charge in [0.15, 0.2) is 0 Å². The van der Waals surface area contributed by atoms with E-state index in [0.29, 0.717) is 0 Å². The van der Waals surface area contributed by atoms with Crippen molar-refractivity contribution in [3.63, 3.8) is 0 Å². The van der Waals surface area contributed by atoms with Crippen molar-refractivity contribution in [1.82, 2.24) is 10.2 Å². The Morgan fingerprint density at radius 3 is 2.57 bits per heavy atom. The summed E-state index contributed by atoms with van der Waals surface area (Å²) in [6, 6.07) is 10.9. The predicted octanol–water partition coefficient (Wildman–Crippen LogP) is 3.63. The Balaban J connectivity index is 1.60. The largest absolute Gasteiger partial charge is 0.305 e. The van der Waals surface area contributed by atoms with Crippen LogP contribution in [0.2, 0.25) is 0 Å². The van der Waals surface area contributed by atoms with E-state index in [9.17, 15) is 0 Å². The van der Waals surface area contributed by atoms with Crippen LogP contribution in [0.3, 0.4) is 0 Å². The molecule has 1 heterocycles. The van der Waals surface area contributed by atoms with Crippen LogP contribution in [-0.4, -0.2) is 31.1 Å². The van der Waals surface area contributed by atoms with Crippen molar-refractivity contribution >= 4 is 0 Å². The molecule has 1 saturated heterocycles. The van der Waals surface area contributed by atoms with Crippen molar-refractivity contribution in [3.8, 4) is 0 Å². The molecule has 0 amide bonds. The summed E-state index contributed by atoms with van der Waals surface area (Å²) >= 11 is 0. The van der Waals surface area contributed by atoms with Gasteiger partial charge in [0, 0.05) is 26.2 Å². The highest BCUT2D eigenvalue weighted by Crippen LogP contribution is 2.30. The zero-order chi connectivity index (χ0) is 14.7. The number of hydrogen-bond acceptors (Lipinski definition) is 2. The topological polar surface area (TPSA) is 15.3 Å². The van der Waals surface area contributed by atoms with Crippen LogP contribution in [0.1, 0.15) is 45.1 Å². The zero-order valence-electron chi connectivity index (χ0n) is 13.6. The van der Waals surface area contributed by atoms with Gasteiger partial charge in [0.2, 0.25) is 0 Å². The van der Waals surface area contributed by atoms with Gasteiger partial charge in [-0.15, -0.1) is 0 Å². The van der Waals surface area contributed by atoms with Crippen LogP contribution in [-0.2, 0) is 5.54 Å². The average Bonchev–Trinajstić information content (AvgIpc) is 2.51. The molecule has 1 aliphatic carbocycles. The second-order valence-electron chi connectivity index (χ2n) is 7.49. The number of benzene rings is 1. The summed E-state index contributed by atoms with van der Waals surface area (Å²) < 4.78 is 0. The molecule has 1 saturated carbocycles. The lowest BCUT2D eigenvalue weighted by Crippen LogP contribution is -2.57. The highest BCUT2D eigenvalue weighted by molar-refractivity contribution is 5.24. The Kier molecular flexibility index (Phi) is 4.66. The van der Waals surface area contributed by atoms with Gasteiger partial charge in [0.25, 0.3) is 0 Å². The Morgan fingerprint density at radius 2 is 1.86 bits per heavy atom. The van der Waals surface area contributed by atoms with E-state index in [-0.39, 0.29) is 5.54 Å². The van der Waals surface area contributed by atoms with Crippen LogP contribution < -0.4 is 5.32 Å². The molecular weight excluding hydrogens is 256 g/mol. The summed E-state index contributed by atoms with van der Waals surface area (Å²) in [7, 11) is 0. The lowest BCUT2D eigenvalue weighted by Gasteiger charge is -2.43. The minimum absolute atomic E-state index is 0.113. The molecule has 1 N–H and O–H groups in total. The summed E-state index contributed by atoms with van der Waals surface area (Å²) in [4.78, 5) is 2.70. The molecule has 21 heavy (non-hydrogen) atoms. The van der Waals surface area contributed by atoms with E-state index in [1.165, 1.54) is 44.3 Å². The average molecular weight is 286 g/mol. The first-order chi connectivity index (χ1) is 10.2. The van der Waals surface area contributed by atoms with Gasteiger partial charge in [-0.25, -0.2) is 0 Å². The Labute approximate surface area is 129 Å². The molecule has 3 rings (SSSR count). The molecular formula is C19H30N2. The molecule has 0 spiro atoms. The summed E-state index contributed by atoms with van der Waals surface area (Å²) in [6.45, 7) is 9.52. The van der Waals surface area contributed by atoms with Gasteiger partial charge >= 0.3 is 0 Å². The summed E-state index contributed by atoms with van der Waals surface area (Å²) in [5, 5.41) is 3.74. The highest BCUT2D eigenvalue weighted by atomic mass is 15.2. The molecule has 116 valence electrons. The third-order valence-electron chi connectivity index (χ3n) is 5.55. The maximum Gasteiger partial charge on any atom is 0.0535 e. The van der Waals surface area contributed by atoms with Crippen molar-refractivity contribution in [2.75, 3.05) is 26.2 Å². The van der Waals surface area contributed by atoms with Gasteiger partial charge in [-0.05, 0) is 37.2 Å². The number of hydrogen-bond donors (Lipinski definition) is 1. The van der Waals surface area contributed by atoms with Gasteiger partial charge < -0.3 is 5.32 Å². The SMILES string of the molecule is CC1CCC(CN2CCNC(C)(c3ccccc3)C2)CC1. The van der Waals surface area contributed by atoms with E-state index >= 15 is 0 Å². The van der Waals surface area contributed by atoms with Crippen LogP contribution >= 0.6 is 0 Å². The second kappa shape index (κ2) is 6.50. The first kappa shape index (κ1) is 15.1. The molecule has 1 unspecified atom stereocenters. The molecule has 2 heteroatoms. The van der Waals surface area contributed by atoms with Crippen molar-refractivity contribution in [2.24, 2.45) is 11.8 Å². The quantitative estimate of drug-likeness (QED) is 0.913. The van der Waals surface area contributed by atoms with Crippen LogP contribution in [0.15, 0.2) is 30.3 Å². The first-order valence-electron chi connectivity index (χ1n) is 8.69. The molecule has 2 nitrogen and oxygen atoms in total. The van der Waals surface area contributed by atoms with Gasteiger partial charge in [-0.3, -0.25) is 4.90 Å². The lowest BCUT2D eigenvalue weighted by molar-refractivity contribution is 0.110. The monoisotopic (exact) mass is 286 g/mol. The van der Waals surface area contributed by atoms with E-state index in [0.717, 1.165) is 24.9 Å². The van der Waals surface area contributed by atoms with E-state index in [1.807, 2.05) is 0 Å². The zero-order valence-corrected chi connectivity index (χ0v) is 13.6. The fourth-order valence-electron chi connectivity index (χ4n) is 4.10. The van der Waals surface area contributed by atoms with E-state index < -0.39 is 0 Å². The Morgan fingerprint density at radius 1 is 1.14 bits per heavy atom. The molecule has 2 fully saturated rings. The fourth-order valence-corrected chi connectivity index (χ4v) is 4.10. The molecule has 0 bridgehead atoms. The summed E-state index contributed by atoms with van der Waals surface area (Å²) in [6.07, 6.45) is 5.75. The lowest BCUT2D eigenvalue weighted by atomic mass is 9.82. The van der Waals surface area contributed by atoms with E-state index in [2.05, 4.69) is 54.4 Å². The molecule has 1 aliphatic heterocycles. The van der Waals surface area contributed by atoms with Crippen LogP contribution in [0.4, 0.5) is 0 Å². The minimum atomic E-state index is 0.113. The van der Waals surface area contributed by atoms with E-state index in [4.69, 9.17) is 0 Å². The number of nitrogens with one attached hydrogen (secondary N) is 1. The molecule has 1 aromatic rings. The van der Waals surface area contributed by atoms with Gasteiger partial charge in [-0.2, -0.15) is 0 Å². The number of rotatable bonds is 3. The second-order valence-corrected chi connectivity index (χ2v) is 7.49. The number of nitrogens with zero attached hydrogens (tertiary/aromatic N) is 1. The smallest absolute Gasteiger partial charge is 0.0535 e. The summed E-state index contributed by atoms with van der Waals surface area (Å²) in [5.41, 5.74) is 1.54. The van der Waals surface area contributed by atoms with Gasteiger partial charge in [0.1, 0.15) is 0 Å². The fraction of sp³-hybridized carbons (Fsp3) is 0.684. The molecule has 0 aromatic heterocycles. The molecule has 1 aromatic carbocycles. The van der Waals surface area contributed by atoms with Crippen molar-refractivity contribution in [2.45, 2.75) is 45.1 Å². The van der Waals surface area contributed by atoms with Crippen molar-refractivity contribution in [1.29, 1.82) is 0 Å². The third-order valence-corrected chi connectivity index (χ3v) is 5.55. The minimum Gasteiger partial charge on any atom is -0.305 e. The van der Waals surface area contributed by atoms with E-state index in [1.54, 1.807) is 0 Å². The standard InChI is InChI=1S/C19H30N2/c1-16-8-10-17(11-9-16)14-21-13-12-20-19(2,15-21)18-6-4-3-5-7-18/h3-7,16-17,20H,8-15H2,1-2H3. The first-order valence-corrected chi connectivity index (χ1v) is 8.69. The Hall–Kier alpha value is -0.860. The highest BCUT2D eigenvalue weighted by Gasteiger charge is 2.33. The Bertz CT molecular complexity index is 436. The summed E-state index contributed by atoms with van der Waals surface area (Å²) in [5.74, 6) is 1.89. The number of piperazine rings is 1. The van der Waals surface area contributed by atoms with Crippen molar-refractivity contribution < 1.29 is 0 Å². The van der Waals surface area contributed by atoms with Gasteiger partial charge in [0.05, 0.1) is 5.54 Å². The third kappa shape index (κ3) is 3.67. The maximum absolute atomic E-state index is 3.74. The molecule has 1 atom stereocenters. The van der Waals surface area contributed by atoms with Crippen LogP contribution in [0, 0.1) is 11.8 Å². The van der Waals surface area contributed by atoms with Crippen molar-refractivity contribution in [3.05, 3.63) is 35.9 Å². The normalized spacial score (nSPS) is 34.8.